The summed E-state index contributed by atoms with van der Waals surface area (Å²) < 4.78 is 18.2. The highest BCUT2D eigenvalue weighted by molar-refractivity contribution is 5.99. The normalized spacial score (nSPS) is 9.87. The predicted molar refractivity (Wildman–Crippen MR) is 59.2 cm³/mol. The first-order valence-electron chi connectivity index (χ1n) is 4.72. The summed E-state index contributed by atoms with van der Waals surface area (Å²) in [5, 5.41) is 2.99. The van der Waals surface area contributed by atoms with Crippen LogP contribution in [0.2, 0.25) is 0 Å². The standard InChI is InChI=1S/C11H14FNO2.H2/c1-4-13-10-6-11(15-3)9(12)5-8(10)7(2)14;/h5-6,13H,4H2,1-3H3;1H. The molecule has 1 aromatic carbocycles. The molecule has 0 spiro atoms. The van der Waals surface area contributed by atoms with Crippen LogP contribution in [0.25, 0.3) is 0 Å². The number of rotatable bonds is 4. The van der Waals surface area contributed by atoms with E-state index in [4.69, 9.17) is 4.74 Å². The van der Waals surface area contributed by atoms with Crippen molar-refractivity contribution in [2.45, 2.75) is 13.8 Å². The molecule has 84 valence electrons. The first kappa shape index (κ1) is 11.5. The quantitative estimate of drug-likeness (QED) is 0.781. The molecule has 1 rings (SSSR count). The van der Waals surface area contributed by atoms with E-state index in [0.717, 1.165) is 0 Å². The second-order valence-electron chi connectivity index (χ2n) is 3.12. The third-order valence-electron chi connectivity index (χ3n) is 2.04. The van der Waals surface area contributed by atoms with Crippen molar-refractivity contribution in [1.29, 1.82) is 0 Å². The number of ketones is 1. The molecule has 0 bridgehead atoms. The minimum atomic E-state index is -0.524. The molecular formula is C11H16FNO2. The Labute approximate surface area is 89.7 Å². The van der Waals surface area contributed by atoms with Crippen molar-refractivity contribution >= 4 is 11.5 Å². The number of hydrogen-bond donors (Lipinski definition) is 1. The molecule has 0 saturated heterocycles. The molecule has 0 aromatic heterocycles. The number of halogens is 1. The molecule has 4 heteroatoms. The Balaban J connectivity index is 0.00000225. The Hall–Kier alpha value is -1.58. The van der Waals surface area contributed by atoms with Crippen molar-refractivity contribution in [2.75, 3.05) is 19.0 Å². The molecule has 0 aliphatic rings. The van der Waals surface area contributed by atoms with E-state index in [0.29, 0.717) is 17.8 Å². The van der Waals surface area contributed by atoms with Crippen molar-refractivity contribution in [3.63, 3.8) is 0 Å². The zero-order chi connectivity index (χ0) is 11.4. The van der Waals surface area contributed by atoms with Gasteiger partial charge >= 0.3 is 0 Å². The summed E-state index contributed by atoms with van der Waals surface area (Å²) in [5.74, 6) is -0.562. The van der Waals surface area contributed by atoms with Gasteiger partial charge in [0.25, 0.3) is 0 Å². The van der Waals surface area contributed by atoms with Crippen LogP contribution in [0, 0.1) is 5.82 Å². The molecule has 0 unspecified atom stereocenters. The SMILES string of the molecule is CCNc1cc(OC)c(F)cc1C(C)=O.[HH]. The molecule has 0 aliphatic carbocycles. The van der Waals surface area contributed by atoms with Crippen molar-refractivity contribution in [3.05, 3.63) is 23.5 Å². The number of hydrogen-bond acceptors (Lipinski definition) is 3. The Kier molecular flexibility index (Phi) is 3.66. The highest BCUT2D eigenvalue weighted by Crippen LogP contribution is 2.26. The van der Waals surface area contributed by atoms with Crippen molar-refractivity contribution in [2.24, 2.45) is 0 Å². The van der Waals surface area contributed by atoms with E-state index < -0.39 is 5.82 Å². The van der Waals surface area contributed by atoms with E-state index in [2.05, 4.69) is 5.32 Å². The minimum Gasteiger partial charge on any atom is -0.494 e. The average Bonchev–Trinajstić information content (AvgIpc) is 2.20. The molecule has 15 heavy (non-hydrogen) atoms. The number of benzene rings is 1. The highest BCUT2D eigenvalue weighted by Gasteiger charge is 2.12. The first-order valence-corrected chi connectivity index (χ1v) is 4.72. The molecule has 0 aliphatic heterocycles. The number of carbonyl (C=O) groups excluding carboxylic acids is 1. The Bertz CT molecular complexity index is 382. The zero-order valence-electron chi connectivity index (χ0n) is 9.06. The van der Waals surface area contributed by atoms with E-state index in [-0.39, 0.29) is 13.0 Å². The topological polar surface area (TPSA) is 38.3 Å². The fraction of sp³-hybridized carbons (Fsp3) is 0.364. The zero-order valence-corrected chi connectivity index (χ0v) is 9.06. The fourth-order valence-corrected chi connectivity index (χ4v) is 1.34. The smallest absolute Gasteiger partial charge is 0.165 e. The second kappa shape index (κ2) is 4.77. The van der Waals surface area contributed by atoms with Gasteiger partial charge in [-0.3, -0.25) is 4.79 Å². The molecule has 0 atom stereocenters. The highest BCUT2D eigenvalue weighted by atomic mass is 19.1. The summed E-state index contributed by atoms with van der Waals surface area (Å²) in [6.07, 6.45) is 0. The fourth-order valence-electron chi connectivity index (χ4n) is 1.34. The van der Waals surface area contributed by atoms with Crippen LogP contribution in [0.4, 0.5) is 10.1 Å². The molecule has 0 amide bonds. The third kappa shape index (κ3) is 2.46. The van der Waals surface area contributed by atoms with Gasteiger partial charge in [-0.15, -0.1) is 0 Å². The van der Waals surface area contributed by atoms with Crippen molar-refractivity contribution in [1.82, 2.24) is 0 Å². The van der Waals surface area contributed by atoms with Crippen LogP contribution >= 0.6 is 0 Å². The summed E-state index contributed by atoms with van der Waals surface area (Å²) >= 11 is 0. The van der Waals surface area contributed by atoms with E-state index in [1.165, 1.54) is 26.2 Å². The summed E-state index contributed by atoms with van der Waals surface area (Å²) in [6, 6.07) is 2.69. The number of nitrogens with one attached hydrogen (secondary N) is 1. The molecule has 0 saturated carbocycles. The maximum Gasteiger partial charge on any atom is 0.165 e. The molecule has 3 nitrogen and oxygen atoms in total. The summed E-state index contributed by atoms with van der Waals surface area (Å²) in [5.41, 5.74) is 0.943. The Morgan fingerprint density at radius 3 is 2.73 bits per heavy atom. The van der Waals surface area contributed by atoms with Gasteiger partial charge < -0.3 is 10.1 Å². The largest absolute Gasteiger partial charge is 0.494 e. The average molecular weight is 213 g/mol. The Morgan fingerprint density at radius 1 is 1.60 bits per heavy atom. The summed E-state index contributed by atoms with van der Waals surface area (Å²) in [4.78, 5) is 11.2. The first-order chi connectivity index (χ1) is 7.10. The van der Waals surface area contributed by atoms with Crippen LogP contribution in [-0.4, -0.2) is 19.4 Å². The maximum absolute atomic E-state index is 13.3. The van der Waals surface area contributed by atoms with Crippen molar-refractivity contribution < 1.29 is 15.3 Å². The van der Waals surface area contributed by atoms with Gasteiger partial charge in [0.1, 0.15) is 0 Å². The van der Waals surface area contributed by atoms with Crippen LogP contribution in [0.1, 0.15) is 25.6 Å². The molecule has 0 fully saturated rings. The number of carbonyl (C=O) groups is 1. The van der Waals surface area contributed by atoms with Gasteiger partial charge in [-0.25, -0.2) is 4.39 Å². The van der Waals surface area contributed by atoms with Crippen molar-refractivity contribution in [3.8, 4) is 5.75 Å². The number of methoxy groups -OCH3 is 1. The van der Waals surface area contributed by atoms with Gasteiger partial charge in [-0.1, -0.05) is 0 Å². The molecule has 0 radical (unpaired) electrons. The number of anilines is 1. The lowest BCUT2D eigenvalue weighted by Crippen LogP contribution is -2.05. The summed E-state index contributed by atoms with van der Waals surface area (Å²) in [6.45, 7) is 3.97. The lowest BCUT2D eigenvalue weighted by molar-refractivity contribution is 0.101. The van der Waals surface area contributed by atoms with Crippen LogP contribution in [0.15, 0.2) is 12.1 Å². The second-order valence-corrected chi connectivity index (χ2v) is 3.12. The molecular weight excluding hydrogens is 197 g/mol. The van der Waals surface area contributed by atoms with Gasteiger partial charge in [0, 0.05) is 25.3 Å². The van der Waals surface area contributed by atoms with Gasteiger partial charge in [-0.2, -0.15) is 0 Å². The lowest BCUT2D eigenvalue weighted by Gasteiger charge is -2.11. The number of Topliss-reactive ketones (excluding diaryl/α,β-unsaturated/α-hetero) is 1. The van der Waals surface area contributed by atoms with E-state index >= 15 is 0 Å². The predicted octanol–water partition coefficient (Wildman–Crippen LogP) is 2.71. The van der Waals surface area contributed by atoms with E-state index in [1.54, 1.807) is 0 Å². The third-order valence-corrected chi connectivity index (χ3v) is 2.04. The van der Waals surface area contributed by atoms with Crippen LogP contribution in [0.3, 0.4) is 0 Å². The van der Waals surface area contributed by atoms with Crippen LogP contribution < -0.4 is 10.1 Å². The number of ether oxygens (including phenoxy) is 1. The molecule has 1 N–H and O–H groups in total. The van der Waals surface area contributed by atoms with Gasteiger partial charge in [0.15, 0.2) is 17.3 Å². The van der Waals surface area contributed by atoms with Gasteiger partial charge in [0.2, 0.25) is 0 Å². The maximum atomic E-state index is 13.3. The summed E-state index contributed by atoms with van der Waals surface area (Å²) in [7, 11) is 1.39. The van der Waals surface area contributed by atoms with Gasteiger partial charge in [-0.05, 0) is 19.9 Å². The van der Waals surface area contributed by atoms with Gasteiger partial charge in [0.05, 0.1) is 7.11 Å². The van der Waals surface area contributed by atoms with E-state index in [9.17, 15) is 9.18 Å². The van der Waals surface area contributed by atoms with E-state index in [1.807, 2.05) is 6.92 Å². The van der Waals surface area contributed by atoms with Crippen LogP contribution in [0.5, 0.6) is 5.75 Å². The molecule has 0 heterocycles. The monoisotopic (exact) mass is 213 g/mol. The van der Waals surface area contributed by atoms with Crippen LogP contribution in [-0.2, 0) is 0 Å². The lowest BCUT2D eigenvalue weighted by atomic mass is 10.1. The Morgan fingerprint density at radius 2 is 2.27 bits per heavy atom. The molecule has 1 aromatic rings. The minimum absolute atomic E-state index is 0.